The molecule has 0 aromatic carbocycles. The fourth-order valence-corrected chi connectivity index (χ4v) is 1.35. The molecule has 0 radical (unpaired) electrons. The van der Waals surface area contributed by atoms with Crippen LogP contribution >= 0.6 is 0 Å². The Kier molecular flexibility index (Phi) is 6.24. The van der Waals surface area contributed by atoms with E-state index in [-0.39, 0.29) is 26.1 Å². The third kappa shape index (κ3) is 2.99. The highest BCUT2D eigenvalue weighted by atomic mass is 16.6. The number of terminal acetylenes is 1. The summed E-state index contributed by atoms with van der Waals surface area (Å²) in [5.74, 6) is 1.13. The standard InChI is InChI=1S/C12H18O4/c1-5-9-12(6-2,10(13)15-7-3)11(14)16-8-4/h1H,6-9H2,2-4H3. The van der Waals surface area contributed by atoms with Crippen LogP contribution in [0.3, 0.4) is 0 Å². The van der Waals surface area contributed by atoms with E-state index < -0.39 is 17.4 Å². The SMILES string of the molecule is C#CCC(CC)(C(=O)OCC)C(=O)OCC. The van der Waals surface area contributed by atoms with Crippen LogP contribution in [0, 0.1) is 17.8 Å². The molecule has 0 aliphatic carbocycles. The molecule has 0 fully saturated rings. The number of hydrogen-bond donors (Lipinski definition) is 0. The molecule has 0 aliphatic rings. The smallest absolute Gasteiger partial charge is 0.324 e. The average Bonchev–Trinajstić information content (AvgIpc) is 2.26. The van der Waals surface area contributed by atoms with Crippen molar-refractivity contribution in [3.63, 3.8) is 0 Å². The second-order valence-corrected chi connectivity index (χ2v) is 3.26. The van der Waals surface area contributed by atoms with E-state index in [2.05, 4.69) is 5.92 Å². The molecular formula is C12H18O4. The van der Waals surface area contributed by atoms with E-state index in [1.54, 1.807) is 20.8 Å². The van der Waals surface area contributed by atoms with Gasteiger partial charge in [-0.15, -0.1) is 12.3 Å². The maximum atomic E-state index is 11.8. The van der Waals surface area contributed by atoms with Gasteiger partial charge in [0, 0.05) is 6.42 Å². The van der Waals surface area contributed by atoms with Crippen LogP contribution in [0.25, 0.3) is 0 Å². The molecule has 0 aliphatic heterocycles. The van der Waals surface area contributed by atoms with E-state index in [1.807, 2.05) is 0 Å². The van der Waals surface area contributed by atoms with Crippen molar-refractivity contribution in [1.29, 1.82) is 0 Å². The first-order chi connectivity index (χ1) is 7.58. The predicted octanol–water partition coefficient (Wildman–Crippen LogP) is 1.53. The second-order valence-electron chi connectivity index (χ2n) is 3.26. The van der Waals surface area contributed by atoms with Gasteiger partial charge in [0.25, 0.3) is 0 Å². The van der Waals surface area contributed by atoms with Gasteiger partial charge in [-0.3, -0.25) is 9.59 Å². The van der Waals surface area contributed by atoms with Gasteiger partial charge in [-0.1, -0.05) is 6.92 Å². The first-order valence-electron chi connectivity index (χ1n) is 5.36. The van der Waals surface area contributed by atoms with Gasteiger partial charge in [0.2, 0.25) is 0 Å². The van der Waals surface area contributed by atoms with Gasteiger partial charge in [0.15, 0.2) is 5.41 Å². The summed E-state index contributed by atoms with van der Waals surface area (Å²) in [6.45, 7) is 5.50. The Balaban J connectivity index is 5.06. The van der Waals surface area contributed by atoms with Crippen molar-refractivity contribution in [1.82, 2.24) is 0 Å². The Morgan fingerprint density at radius 2 is 1.56 bits per heavy atom. The zero-order valence-corrected chi connectivity index (χ0v) is 10.0. The summed E-state index contributed by atoms with van der Waals surface area (Å²) in [5, 5.41) is 0. The molecule has 0 rings (SSSR count). The lowest BCUT2D eigenvalue weighted by molar-refractivity contribution is -0.172. The third-order valence-corrected chi connectivity index (χ3v) is 2.34. The Hall–Kier alpha value is -1.50. The molecule has 0 heterocycles. The molecule has 0 aromatic rings. The van der Waals surface area contributed by atoms with Crippen molar-refractivity contribution in [3.8, 4) is 12.3 Å². The molecule has 0 amide bonds. The first kappa shape index (κ1) is 14.5. The molecule has 0 bridgehead atoms. The highest BCUT2D eigenvalue weighted by Gasteiger charge is 2.46. The van der Waals surface area contributed by atoms with Gasteiger partial charge in [0.1, 0.15) is 0 Å². The summed E-state index contributed by atoms with van der Waals surface area (Å²) in [4.78, 5) is 23.6. The van der Waals surface area contributed by atoms with Crippen LogP contribution in [0.1, 0.15) is 33.6 Å². The summed E-state index contributed by atoms with van der Waals surface area (Å²) in [6, 6.07) is 0. The summed E-state index contributed by atoms with van der Waals surface area (Å²) >= 11 is 0. The number of carbonyl (C=O) groups excluding carboxylic acids is 2. The Bertz CT molecular complexity index is 270. The number of ether oxygens (including phenoxy) is 2. The van der Waals surface area contributed by atoms with Crippen molar-refractivity contribution in [2.24, 2.45) is 5.41 Å². The molecule has 4 heteroatoms. The van der Waals surface area contributed by atoms with Crippen LogP contribution < -0.4 is 0 Å². The van der Waals surface area contributed by atoms with E-state index in [0.717, 1.165) is 0 Å². The van der Waals surface area contributed by atoms with Crippen LogP contribution in [-0.2, 0) is 19.1 Å². The van der Waals surface area contributed by atoms with E-state index in [4.69, 9.17) is 15.9 Å². The normalized spacial score (nSPS) is 10.4. The fourth-order valence-electron chi connectivity index (χ4n) is 1.35. The Labute approximate surface area is 96.3 Å². The van der Waals surface area contributed by atoms with Crippen molar-refractivity contribution < 1.29 is 19.1 Å². The zero-order chi connectivity index (χ0) is 12.6. The number of rotatable bonds is 6. The Morgan fingerprint density at radius 1 is 1.12 bits per heavy atom. The van der Waals surface area contributed by atoms with Crippen molar-refractivity contribution in [2.45, 2.75) is 33.6 Å². The minimum Gasteiger partial charge on any atom is -0.465 e. The minimum atomic E-state index is -1.35. The molecule has 0 aromatic heterocycles. The molecule has 0 saturated carbocycles. The molecule has 0 saturated heterocycles. The van der Waals surface area contributed by atoms with Crippen LogP contribution in [-0.4, -0.2) is 25.2 Å². The largest absolute Gasteiger partial charge is 0.465 e. The van der Waals surface area contributed by atoms with Gasteiger partial charge in [-0.2, -0.15) is 0 Å². The number of esters is 2. The first-order valence-corrected chi connectivity index (χ1v) is 5.36. The zero-order valence-electron chi connectivity index (χ0n) is 10.0. The fraction of sp³-hybridized carbons (Fsp3) is 0.667. The van der Waals surface area contributed by atoms with E-state index in [9.17, 15) is 9.59 Å². The molecule has 0 N–H and O–H groups in total. The summed E-state index contributed by atoms with van der Waals surface area (Å²) in [6.07, 6.45) is 5.47. The van der Waals surface area contributed by atoms with Gasteiger partial charge >= 0.3 is 11.9 Å². The monoisotopic (exact) mass is 226 g/mol. The molecular weight excluding hydrogens is 208 g/mol. The lowest BCUT2D eigenvalue weighted by atomic mass is 9.82. The van der Waals surface area contributed by atoms with E-state index >= 15 is 0 Å². The van der Waals surface area contributed by atoms with Crippen LogP contribution in [0.15, 0.2) is 0 Å². The van der Waals surface area contributed by atoms with Crippen molar-refractivity contribution >= 4 is 11.9 Å². The van der Waals surface area contributed by atoms with Crippen LogP contribution in [0.5, 0.6) is 0 Å². The third-order valence-electron chi connectivity index (χ3n) is 2.34. The van der Waals surface area contributed by atoms with E-state index in [0.29, 0.717) is 0 Å². The molecule has 0 unspecified atom stereocenters. The maximum absolute atomic E-state index is 11.8. The lowest BCUT2D eigenvalue weighted by Gasteiger charge is -2.25. The van der Waals surface area contributed by atoms with Gasteiger partial charge < -0.3 is 9.47 Å². The van der Waals surface area contributed by atoms with Crippen LogP contribution in [0.2, 0.25) is 0 Å². The van der Waals surface area contributed by atoms with Gasteiger partial charge in [-0.05, 0) is 20.3 Å². The minimum absolute atomic E-state index is 0.00116. The Morgan fingerprint density at radius 3 is 1.81 bits per heavy atom. The second kappa shape index (κ2) is 6.89. The van der Waals surface area contributed by atoms with E-state index in [1.165, 1.54) is 0 Å². The molecule has 90 valence electrons. The summed E-state index contributed by atoms with van der Waals surface area (Å²) in [5.41, 5.74) is -1.35. The van der Waals surface area contributed by atoms with Gasteiger partial charge in [-0.25, -0.2) is 0 Å². The highest BCUT2D eigenvalue weighted by molar-refractivity contribution is 6.00. The lowest BCUT2D eigenvalue weighted by Crippen LogP contribution is -2.41. The average molecular weight is 226 g/mol. The number of carbonyl (C=O) groups is 2. The summed E-state index contributed by atoms with van der Waals surface area (Å²) < 4.78 is 9.77. The number of hydrogen-bond acceptors (Lipinski definition) is 4. The topological polar surface area (TPSA) is 52.6 Å². The predicted molar refractivity (Wildman–Crippen MR) is 59.4 cm³/mol. The van der Waals surface area contributed by atoms with Gasteiger partial charge in [0.05, 0.1) is 13.2 Å². The van der Waals surface area contributed by atoms with Crippen LogP contribution in [0.4, 0.5) is 0 Å². The molecule has 0 spiro atoms. The molecule has 4 nitrogen and oxygen atoms in total. The quantitative estimate of drug-likeness (QED) is 0.391. The molecule has 16 heavy (non-hydrogen) atoms. The summed E-state index contributed by atoms with van der Waals surface area (Å²) in [7, 11) is 0. The molecule has 0 atom stereocenters. The van der Waals surface area contributed by atoms with Crippen molar-refractivity contribution in [2.75, 3.05) is 13.2 Å². The maximum Gasteiger partial charge on any atom is 0.324 e. The van der Waals surface area contributed by atoms with Crippen molar-refractivity contribution in [3.05, 3.63) is 0 Å². The highest BCUT2D eigenvalue weighted by Crippen LogP contribution is 2.29.